The van der Waals surface area contributed by atoms with Gasteiger partial charge >= 0.3 is 0 Å². The van der Waals surface area contributed by atoms with Crippen LogP contribution in [0.15, 0.2) is 0 Å². The Bertz CT molecular complexity index is 326. The van der Waals surface area contributed by atoms with E-state index < -0.39 is 0 Å². The molecule has 0 aromatic rings. The molecule has 0 atom stereocenters. The molecule has 0 bridgehead atoms. The van der Waals surface area contributed by atoms with Crippen molar-refractivity contribution in [2.45, 2.75) is 53.4 Å². The van der Waals surface area contributed by atoms with Crippen molar-refractivity contribution >= 4 is 5.91 Å². The highest BCUT2D eigenvalue weighted by atomic mass is 16.3. The first-order valence-corrected chi connectivity index (χ1v) is 7.15. The largest absolute Gasteiger partial charge is 0.396 e. The van der Waals surface area contributed by atoms with E-state index in [2.05, 4.69) is 33.0 Å². The molecule has 0 heterocycles. The maximum atomic E-state index is 12.3. The van der Waals surface area contributed by atoms with Crippen LogP contribution < -0.4 is 5.32 Å². The Labute approximate surface area is 110 Å². The van der Waals surface area contributed by atoms with Gasteiger partial charge in [0.2, 0.25) is 5.91 Å². The Morgan fingerprint density at radius 3 is 2.06 bits per heavy atom. The van der Waals surface area contributed by atoms with E-state index in [9.17, 15) is 9.90 Å². The van der Waals surface area contributed by atoms with Crippen LogP contribution in [0.2, 0.25) is 0 Å². The summed E-state index contributed by atoms with van der Waals surface area (Å²) in [4.78, 5) is 12.3. The fraction of sp³-hybridized carbons (Fsp3) is 0.933. The summed E-state index contributed by atoms with van der Waals surface area (Å²) in [7, 11) is 0. The van der Waals surface area contributed by atoms with Gasteiger partial charge in [-0.1, -0.05) is 40.5 Å². The number of amides is 1. The van der Waals surface area contributed by atoms with E-state index in [1.165, 1.54) is 12.8 Å². The highest BCUT2D eigenvalue weighted by Crippen LogP contribution is 2.68. The van der Waals surface area contributed by atoms with Gasteiger partial charge in [-0.2, -0.15) is 0 Å². The highest BCUT2D eigenvalue weighted by molar-refractivity contribution is 5.84. The maximum Gasteiger partial charge on any atom is 0.224 e. The van der Waals surface area contributed by atoms with E-state index in [0.29, 0.717) is 6.54 Å². The smallest absolute Gasteiger partial charge is 0.224 e. The lowest BCUT2D eigenvalue weighted by atomic mass is 9.87. The lowest BCUT2D eigenvalue weighted by Gasteiger charge is -2.26. The molecule has 0 radical (unpaired) electrons. The van der Waals surface area contributed by atoms with E-state index in [0.717, 1.165) is 12.8 Å². The van der Waals surface area contributed by atoms with E-state index in [1.54, 1.807) is 0 Å². The Balaban J connectivity index is 1.90. The lowest BCUT2D eigenvalue weighted by molar-refractivity contribution is -0.124. The van der Waals surface area contributed by atoms with Crippen molar-refractivity contribution in [1.82, 2.24) is 5.32 Å². The van der Waals surface area contributed by atoms with Crippen LogP contribution in [-0.4, -0.2) is 24.2 Å². The van der Waals surface area contributed by atoms with Crippen LogP contribution in [0.3, 0.4) is 0 Å². The summed E-state index contributed by atoms with van der Waals surface area (Å²) < 4.78 is 0. The molecular formula is C15H27NO2. The minimum atomic E-state index is -0.0428. The van der Waals surface area contributed by atoms with Gasteiger partial charge in [-0.25, -0.2) is 0 Å². The number of carbonyl (C=O) groups is 1. The van der Waals surface area contributed by atoms with Crippen molar-refractivity contribution in [2.75, 3.05) is 13.2 Å². The zero-order chi connectivity index (χ0) is 13.6. The number of rotatable bonds is 4. The predicted molar refractivity (Wildman–Crippen MR) is 72.0 cm³/mol. The summed E-state index contributed by atoms with van der Waals surface area (Å²) in [6.45, 7) is 9.49. The summed E-state index contributed by atoms with van der Waals surface area (Å²) in [5, 5.41) is 12.6. The van der Waals surface area contributed by atoms with Gasteiger partial charge in [0, 0.05) is 17.9 Å². The zero-order valence-corrected chi connectivity index (χ0v) is 12.2. The molecule has 2 rings (SSSR count). The van der Waals surface area contributed by atoms with Crippen LogP contribution in [0, 0.1) is 22.2 Å². The summed E-state index contributed by atoms with van der Waals surface area (Å²) in [6.07, 6.45) is 4.44. The van der Waals surface area contributed by atoms with Crippen molar-refractivity contribution in [2.24, 2.45) is 22.2 Å². The van der Waals surface area contributed by atoms with Gasteiger partial charge in [0.1, 0.15) is 0 Å². The van der Waals surface area contributed by atoms with E-state index in [4.69, 9.17) is 0 Å². The van der Waals surface area contributed by atoms with Crippen molar-refractivity contribution in [1.29, 1.82) is 0 Å². The molecule has 2 aliphatic rings. The first-order valence-electron chi connectivity index (χ1n) is 7.15. The standard InChI is InChI=1S/C15H27NO2/c1-13(2)11(14(13,3)4)12(18)16-9-15(10-17)7-5-6-8-15/h11,17H,5-10H2,1-4H3,(H,16,18). The van der Waals surface area contributed by atoms with E-state index in [1.807, 2.05) is 0 Å². The Kier molecular flexibility index (Phi) is 3.25. The van der Waals surface area contributed by atoms with Gasteiger partial charge in [0.05, 0.1) is 6.61 Å². The van der Waals surface area contributed by atoms with Gasteiger partial charge < -0.3 is 10.4 Å². The van der Waals surface area contributed by atoms with Crippen LogP contribution in [0.1, 0.15) is 53.4 Å². The molecule has 2 aliphatic carbocycles. The maximum absolute atomic E-state index is 12.3. The molecule has 2 N–H and O–H groups in total. The molecule has 3 heteroatoms. The number of aliphatic hydroxyl groups excluding tert-OH is 1. The molecule has 2 saturated carbocycles. The molecule has 18 heavy (non-hydrogen) atoms. The molecule has 0 saturated heterocycles. The Morgan fingerprint density at radius 2 is 1.67 bits per heavy atom. The number of hydrogen-bond donors (Lipinski definition) is 2. The third kappa shape index (κ3) is 1.97. The number of hydrogen-bond acceptors (Lipinski definition) is 2. The topological polar surface area (TPSA) is 49.3 Å². The van der Waals surface area contributed by atoms with Crippen molar-refractivity contribution in [3.63, 3.8) is 0 Å². The van der Waals surface area contributed by atoms with Gasteiger partial charge in [-0.05, 0) is 23.7 Å². The highest BCUT2D eigenvalue weighted by Gasteiger charge is 2.68. The zero-order valence-electron chi connectivity index (χ0n) is 12.2. The first-order chi connectivity index (χ1) is 8.27. The van der Waals surface area contributed by atoms with Crippen LogP contribution in [0.4, 0.5) is 0 Å². The summed E-state index contributed by atoms with van der Waals surface area (Å²) in [5.41, 5.74) is 0.150. The SMILES string of the molecule is CC1(C)C(C(=O)NCC2(CO)CCCC2)C1(C)C. The van der Waals surface area contributed by atoms with E-state index >= 15 is 0 Å². The second-order valence-corrected chi connectivity index (χ2v) is 7.46. The van der Waals surface area contributed by atoms with Gasteiger partial charge in [-0.3, -0.25) is 4.79 Å². The van der Waals surface area contributed by atoms with Crippen LogP contribution in [-0.2, 0) is 4.79 Å². The Morgan fingerprint density at radius 1 is 1.17 bits per heavy atom. The molecule has 1 amide bonds. The van der Waals surface area contributed by atoms with Crippen LogP contribution >= 0.6 is 0 Å². The van der Waals surface area contributed by atoms with E-state index in [-0.39, 0.29) is 34.7 Å². The monoisotopic (exact) mass is 253 g/mol. The molecule has 3 nitrogen and oxygen atoms in total. The lowest BCUT2D eigenvalue weighted by Crippen LogP contribution is -2.39. The summed E-state index contributed by atoms with van der Waals surface area (Å²) in [6, 6.07) is 0. The molecule has 0 aromatic heterocycles. The molecule has 0 unspecified atom stereocenters. The average Bonchev–Trinajstić information content (AvgIpc) is 2.69. The quantitative estimate of drug-likeness (QED) is 0.808. The van der Waals surface area contributed by atoms with Gasteiger partial charge in [0.25, 0.3) is 0 Å². The normalized spacial score (nSPS) is 28.1. The number of aliphatic hydroxyl groups is 1. The first kappa shape index (κ1) is 13.9. The minimum absolute atomic E-state index is 0.0428. The fourth-order valence-electron chi connectivity index (χ4n) is 3.74. The van der Waals surface area contributed by atoms with Gasteiger partial charge in [-0.15, -0.1) is 0 Å². The second kappa shape index (κ2) is 4.22. The summed E-state index contributed by atoms with van der Waals surface area (Å²) >= 11 is 0. The summed E-state index contributed by atoms with van der Waals surface area (Å²) in [5.74, 6) is 0.284. The van der Waals surface area contributed by atoms with Crippen LogP contribution in [0.25, 0.3) is 0 Å². The molecule has 2 fully saturated rings. The van der Waals surface area contributed by atoms with Crippen molar-refractivity contribution < 1.29 is 9.90 Å². The molecular weight excluding hydrogens is 226 g/mol. The molecule has 104 valence electrons. The third-order valence-corrected chi connectivity index (χ3v) is 5.92. The minimum Gasteiger partial charge on any atom is -0.396 e. The molecule has 0 aliphatic heterocycles. The molecule has 0 spiro atoms. The van der Waals surface area contributed by atoms with Crippen molar-refractivity contribution in [3.05, 3.63) is 0 Å². The van der Waals surface area contributed by atoms with Crippen molar-refractivity contribution in [3.8, 4) is 0 Å². The Hall–Kier alpha value is -0.570. The van der Waals surface area contributed by atoms with Crippen LogP contribution in [0.5, 0.6) is 0 Å². The number of carbonyl (C=O) groups excluding carboxylic acids is 1. The number of nitrogens with one attached hydrogen (secondary N) is 1. The van der Waals surface area contributed by atoms with Gasteiger partial charge in [0.15, 0.2) is 0 Å². The second-order valence-electron chi connectivity index (χ2n) is 7.46. The predicted octanol–water partition coefficient (Wildman–Crippen LogP) is 2.34. The average molecular weight is 253 g/mol. The molecule has 0 aromatic carbocycles. The fourth-order valence-corrected chi connectivity index (χ4v) is 3.74. The third-order valence-electron chi connectivity index (χ3n) is 5.92.